The summed E-state index contributed by atoms with van der Waals surface area (Å²) in [6.45, 7) is 2.24. The molecule has 0 fully saturated rings. The Hall–Kier alpha value is -1.89. The number of ether oxygens (including phenoxy) is 1. The van der Waals surface area contributed by atoms with Crippen molar-refractivity contribution in [2.24, 2.45) is 0 Å². The first-order valence-electron chi connectivity index (χ1n) is 6.67. The van der Waals surface area contributed by atoms with Crippen molar-refractivity contribution in [2.75, 3.05) is 19.8 Å². The summed E-state index contributed by atoms with van der Waals surface area (Å²) in [6, 6.07) is 0.0995. The molecule has 0 aliphatic carbocycles. The molecule has 1 amide bonds. The molecule has 0 aliphatic rings. The Morgan fingerprint density at radius 2 is 2.30 bits per heavy atom. The molecule has 1 aromatic rings. The van der Waals surface area contributed by atoms with E-state index in [0.29, 0.717) is 13.0 Å². The van der Waals surface area contributed by atoms with Gasteiger partial charge in [-0.1, -0.05) is 13.3 Å². The van der Waals surface area contributed by atoms with Crippen molar-refractivity contribution in [3.05, 3.63) is 18.7 Å². The smallest absolute Gasteiger partial charge is 0.329 e. The van der Waals surface area contributed by atoms with Crippen molar-refractivity contribution in [3.63, 3.8) is 0 Å². The minimum absolute atomic E-state index is 0.0731. The van der Waals surface area contributed by atoms with Crippen LogP contribution in [0.5, 0.6) is 0 Å². The van der Waals surface area contributed by atoms with E-state index in [9.17, 15) is 9.59 Å². The molecule has 0 bridgehead atoms. The highest BCUT2D eigenvalue weighted by molar-refractivity contribution is 5.76. The van der Waals surface area contributed by atoms with Crippen molar-refractivity contribution in [1.29, 1.82) is 0 Å². The fourth-order valence-corrected chi connectivity index (χ4v) is 1.88. The quantitative estimate of drug-likeness (QED) is 0.620. The van der Waals surface area contributed by atoms with E-state index in [1.807, 2.05) is 10.8 Å². The number of imidazole rings is 1. The zero-order valence-corrected chi connectivity index (χ0v) is 11.6. The normalized spacial score (nSPS) is 12.1. The van der Waals surface area contributed by atoms with Gasteiger partial charge in [-0.3, -0.25) is 4.79 Å². The molecule has 7 nitrogen and oxygen atoms in total. The Kier molecular flexibility index (Phi) is 7.34. The van der Waals surface area contributed by atoms with Crippen molar-refractivity contribution < 1.29 is 19.4 Å². The minimum atomic E-state index is -1.01. The van der Waals surface area contributed by atoms with E-state index in [4.69, 9.17) is 9.84 Å². The summed E-state index contributed by atoms with van der Waals surface area (Å²) in [5.74, 6) is -1.09. The Labute approximate surface area is 118 Å². The third-order valence-corrected chi connectivity index (χ3v) is 2.78. The molecule has 1 rings (SSSR count). The summed E-state index contributed by atoms with van der Waals surface area (Å²) < 4.78 is 6.78. The Morgan fingerprint density at radius 1 is 1.50 bits per heavy atom. The number of aromatic nitrogens is 2. The molecule has 1 unspecified atom stereocenters. The van der Waals surface area contributed by atoms with Gasteiger partial charge in [-0.2, -0.15) is 0 Å². The number of rotatable bonds is 10. The topological polar surface area (TPSA) is 93.5 Å². The van der Waals surface area contributed by atoms with Gasteiger partial charge in [0.15, 0.2) is 0 Å². The van der Waals surface area contributed by atoms with Crippen molar-refractivity contribution in [2.45, 2.75) is 32.2 Å². The van der Waals surface area contributed by atoms with Gasteiger partial charge in [0.25, 0.3) is 0 Å². The van der Waals surface area contributed by atoms with E-state index in [-0.39, 0.29) is 25.2 Å². The third-order valence-electron chi connectivity index (χ3n) is 2.78. The van der Waals surface area contributed by atoms with Gasteiger partial charge in [-0.15, -0.1) is 0 Å². The second-order valence-electron chi connectivity index (χ2n) is 4.45. The number of hydrogen-bond donors (Lipinski definition) is 2. The fraction of sp³-hybridized carbons (Fsp3) is 0.615. The van der Waals surface area contributed by atoms with Gasteiger partial charge in [-0.05, 0) is 6.42 Å². The lowest BCUT2D eigenvalue weighted by Gasteiger charge is -2.17. The van der Waals surface area contributed by atoms with Crippen LogP contribution in [0.4, 0.5) is 0 Å². The number of aliphatic carboxylic acids is 1. The molecule has 2 N–H and O–H groups in total. The summed E-state index contributed by atoms with van der Waals surface area (Å²) in [5, 5.41) is 11.1. The average molecular weight is 283 g/mol. The van der Waals surface area contributed by atoms with Crippen LogP contribution in [-0.2, 0) is 14.3 Å². The lowest BCUT2D eigenvalue weighted by atomic mass is 10.1. The lowest BCUT2D eigenvalue weighted by molar-refractivity contribution is -0.142. The third kappa shape index (κ3) is 6.33. The highest BCUT2D eigenvalue weighted by Gasteiger charge is 2.14. The first-order chi connectivity index (χ1) is 9.63. The summed E-state index contributed by atoms with van der Waals surface area (Å²) in [5.41, 5.74) is 0. The first kappa shape index (κ1) is 16.2. The van der Waals surface area contributed by atoms with Crippen LogP contribution in [0, 0.1) is 0 Å². The Bertz CT molecular complexity index is 406. The molecule has 7 heteroatoms. The SMILES string of the molecule is CCCC(CC(=O)NCCOCC(=O)O)n1ccnc1. The van der Waals surface area contributed by atoms with Crippen LogP contribution in [0.15, 0.2) is 18.7 Å². The molecule has 0 aromatic carbocycles. The lowest BCUT2D eigenvalue weighted by Crippen LogP contribution is -2.30. The maximum Gasteiger partial charge on any atom is 0.329 e. The van der Waals surface area contributed by atoms with E-state index in [0.717, 1.165) is 12.8 Å². The number of carboxylic acids is 1. The number of carboxylic acid groups (broad SMARTS) is 1. The van der Waals surface area contributed by atoms with Crippen LogP contribution < -0.4 is 5.32 Å². The zero-order chi connectivity index (χ0) is 14.8. The van der Waals surface area contributed by atoms with Crippen molar-refractivity contribution >= 4 is 11.9 Å². The molecular weight excluding hydrogens is 262 g/mol. The molecule has 0 saturated heterocycles. The van der Waals surface area contributed by atoms with E-state index in [1.54, 1.807) is 12.5 Å². The molecule has 0 aliphatic heterocycles. The van der Waals surface area contributed by atoms with Gasteiger partial charge in [0.2, 0.25) is 5.91 Å². The maximum atomic E-state index is 11.8. The fourth-order valence-electron chi connectivity index (χ4n) is 1.88. The summed E-state index contributed by atoms with van der Waals surface area (Å²) in [6.07, 6.45) is 7.52. The van der Waals surface area contributed by atoms with E-state index >= 15 is 0 Å². The highest BCUT2D eigenvalue weighted by atomic mass is 16.5. The zero-order valence-electron chi connectivity index (χ0n) is 11.6. The highest BCUT2D eigenvalue weighted by Crippen LogP contribution is 2.17. The van der Waals surface area contributed by atoms with Crippen LogP contribution >= 0.6 is 0 Å². The van der Waals surface area contributed by atoms with E-state index in [2.05, 4.69) is 17.2 Å². The largest absolute Gasteiger partial charge is 0.480 e. The standard InChI is InChI=1S/C13H21N3O4/c1-2-3-11(16-6-4-14-10-16)8-12(17)15-5-7-20-9-13(18)19/h4,6,10-11H,2-3,5,7-9H2,1H3,(H,15,17)(H,18,19). The molecule has 1 aromatic heterocycles. The number of nitrogens with zero attached hydrogens (tertiary/aromatic N) is 2. The first-order valence-corrected chi connectivity index (χ1v) is 6.67. The molecule has 20 heavy (non-hydrogen) atoms. The van der Waals surface area contributed by atoms with Gasteiger partial charge in [0.05, 0.1) is 12.9 Å². The predicted octanol–water partition coefficient (Wildman–Crippen LogP) is 0.832. The summed E-state index contributed by atoms with van der Waals surface area (Å²) in [4.78, 5) is 26.0. The molecule has 1 atom stereocenters. The van der Waals surface area contributed by atoms with Crippen LogP contribution in [0.25, 0.3) is 0 Å². The average Bonchev–Trinajstić information content (AvgIpc) is 2.91. The Morgan fingerprint density at radius 3 is 2.90 bits per heavy atom. The number of carbonyl (C=O) groups is 2. The van der Waals surface area contributed by atoms with Crippen LogP contribution in [0.2, 0.25) is 0 Å². The molecule has 0 spiro atoms. The molecular formula is C13H21N3O4. The maximum absolute atomic E-state index is 11.8. The van der Waals surface area contributed by atoms with E-state index in [1.165, 1.54) is 0 Å². The monoisotopic (exact) mass is 283 g/mol. The number of amides is 1. The van der Waals surface area contributed by atoms with Gasteiger partial charge in [-0.25, -0.2) is 9.78 Å². The number of hydrogen-bond acceptors (Lipinski definition) is 4. The number of carbonyl (C=O) groups excluding carboxylic acids is 1. The predicted molar refractivity (Wildman–Crippen MR) is 72.3 cm³/mol. The van der Waals surface area contributed by atoms with Crippen LogP contribution in [0.3, 0.4) is 0 Å². The van der Waals surface area contributed by atoms with Gasteiger partial charge < -0.3 is 19.7 Å². The van der Waals surface area contributed by atoms with Gasteiger partial charge in [0.1, 0.15) is 6.61 Å². The van der Waals surface area contributed by atoms with Crippen LogP contribution in [-0.4, -0.2) is 46.3 Å². The second kappa shape index (κ2) is 9.08. The number of nitrogens with one attached hydrogen (secondary N) is 1. The molecule has 0 saturated carbocycles. The summed E-state index contributed by atoms with van der Waals surface area (Å²) in [7, 11) is 0. The second-order valence-corrected chi connectivity index (χ2v) is 4.45. The molecule has 1 heterocycles. The van der Waals surface area contributed by atoms with Crippen molar-refractivity contribution in [3.8, 4) is 0 Å². The van der Waals surface area contributed by atoms with Crippen LogP contribution in [0.1, 0.15) is 32.2 Å². The van der Waals surface area contributed by atoms with Gasteiger partial charge >= 0.3 is 5.97 Å². The minimum Gasteiger partial charge on any atom is -0.480 e. The Balaban J connectivity index is 2.26. The summed E-state index contributed by atoms with van der Waals surface area (Å²) >= 11 is 0. The molecule has 112 valence electrons. The van der Waals surface area contributed by atoms with E-state index < -0.39 is 5.97 Å². The van der Waals surface area contributed by atoms with Crippen molar-refractivity contribution in [1.82, 2.24) is 14.9 Å². The molecule has 0 radical (unpaired) electrons. The van der Waals surface area contributed by atoms with Gasteiger partial charge in [0, 0.05) is 31.4 Å².